The number of hydrogen-bond donors (Lipinski definition) is 2. The summed E-state index contributed by atoms with van der Waals surface area (Å²) < 4.78 is 33.9. The van der Waals surface area contributed by atoms with Gasteiger partial charge in [-0.15, -0.1) is 0 Å². The average Bonchev–Trinajstić information content (AvgIpc) is 2.62. The molecule has 0 aliphatic heterocycles. The van der Waals surface area contributed by atoms with Crippen molar-refractivity contribution in [2.45, 2.75) is 24.8 Å². The average molecular weight is 394 g/mol. The van der Waals surface area contributed by atoms with Gasteiger partial charge >= 0.3 is 0 Å². The fourth-order valence-corrected chi connectivity index (χ4v) is 2.98. The van der Waals surface area contributed by atoms with Crippen molar-refractivity contribution >= 4 is 9.84 Å². The summed E-state index contributed by atoms with van der Waals surface area (Å²) in [4.78, 5) is 0.237. The van der Waals surface area contributed by atoms with Gasteiger partial charge in [0.15, 0.2) is 9.84 Å². The Balaban J connectivity index is 1.63. The molecular weight excluding hydrogens is 366 g/mol. The zero-order valence-electron chi connectivity index (χ0n) is 15.9. The van der Waals surface area contributed by atoms with Crippen LogP contribution in [0.4, 0.5) is 0 Å². The molecule has 0 amide bonds. The molecule has 0 saturated heterocycles. The Morgan fingerprint density at radius 2 is 1.67 bits per heavy atom. The van der Waals surface area contributed by atoms with Gasteiger partial charge in [-0.05, 0) is 61.4 Å². The molecule has 148 valence electrons. The van der Waals surface area contributed by atoms with Crippen LogP contribution < -0.4 is 14.8 Å². The number of aliphatic hydroxyl groups excluding tert-OH is 1. The highest BCUT2D eigenvalue weighted by atomic mass is 32.2. The van der Waals surface area contributed by atoms with E-state index >= 15 is 0 Å². The Labute approximate surface area is 161 Å². The molecule has 0 heterocycles. The van der Waals surface area contributed by atoms with E-state index in [1.165, 1.54) is 23.3 Å². The summed E-state index contributed by atoms with van der Waals surface area (Å²) in [6, 6.07) is 12.1. The van der Waals surface area contributed by atoms with Crippen LogP contribution in [0.25, 0.3) is 0 Å². The first-order valence-corrected chi connectivity index (χ1v) is 10.7. The van der Waals surface area contributed by atoms with E-state index in [2.05, 4.69) is 12.2 Å². The maximum Gasteiger partial charge on any atom is 0.175 e. The third kappa shape index (κ3) is 7.21. The van der Waals surface area contributed by atoms with E-state index in [-0.39, 0.29) is 11.5 Å². The number of rotatable bonds is 10. The standard InChI is InChI=1S/C20H27NO5S/c1-15-4-5-19(12-16(15)2)25-11-10-21-13-17(22)14-26-18-6-8-20(9-7-18)27(3,23)24/h4-9,12,17,21-22H,10-11,13-14H2,1-3H3. The second-order valence-electron chi connectivity index (χ2n) is 6.51. The molecule has 1 atom stereocenters. The summed E-state index contributed by atoms with van der Waals surface area (Å²) in [6.45, 7) is 5.70. The van der Waals surface area contributed by atoms with Gasteiger partial charge < -0.3 is 19.9 Å². The van der Waals surface area contributed by atoms with Crippen molar-refractivity contribution in [3.63, 3.8) is 0 Å². The molecule has 7 heteroatoms. The molecule has 2 aromatic rings. The van der Waals surface area contributed by atoms with Crippen molar-refractivity contribution in [2.75, 3.05) is 32.6 Å². The molecule has 2 aromatic carbocycles. The summed E-state index contributed by atoms with van der Waals surface area (Å²) in [5.74, 6) is 1.35. The van der Waals surface area contributed by atoms with Crippen molar-refractivity contribution in [2.24, 2.45) is 0 Å². The predicted octanol–water partition coefficient (Wildman–Crippen LogP) is 2.12. The SMILES string of the molecule is Cc1ccc(OCCNCC(O)COc2ccc(S(C)(=O)=O)cc2)cc1C. The largest absolute Gasteiger partial charge is 0.492 e. The van der Waals surface area contributed by atoms with Crippen LogP contribution in [0.2, 0.25) is 0 Å². The van der Waals surface area contributed by atoms with E-state index in [0.29, 0.717) is 25.4 Å². The van der Waals surface area contributed by atoms with Crippen LogP contribution in [0.1, 0.15) is 11.1 Å². The van der Waals surface area contributed by atoms with E-state index in [1.54, 1.807) is 12.1 Å². The van der Waals surface area contributed by atoms with Crippen LogP contribution in [-0.4, -0.2) is 52.2 Å². The van der Waals surface area contributed by atoms with Crippen LogP contribution in [0, 0.1) is 13.8 Å². The predicted molar refractivity (Wildman–Crippen MR) is 105 cm³/mol. The summed E-state index contributed by atoms with van der Waals surface area (Å²) in [5, 5.41) is 13.1. The second-order valence-corrected chi connectivity index (χ2v) is 8.52. The van der Waals surface area contributed by atoms with Crippen LogP contribution in [0.3, 0.4) is 0 Å². The van der Waals surface area contributed by atoms with Crippen molar-refractivity contribution in [3.05, 3.63) is 53.6 Å². The maximum absolute atomic E-state index is 11.4. The van der Waals surface area contributed by atoms with Gasteiger partial charge in [-0.25, -0.2) is 8.42 Å². The number of ether oxygens (including phenoxy) is 2. The molecule has 0 saturated carbocycles. The summed E-state index contributed by atoms with van der Waals surface area (Å²) in [6.07, 6.45) is 0.475. The van der Waals surface area contributed by atoms with Gasteiger partial charge in [0.1, 0.15) is 30.8 Å². The molecule has 0 aromatic heterocycles. The molecule has 0 aliphatic rings. The van der Waals surface area contributed by atoms with E-state index < -0.39 is 15.9 Å². The van der Waals surface area contributed by atoms with E-state index in [4.69, 9.17) is 9.47 Å². The van der Waals surface area contributed by atoms with Gasteiger partial charge in [-0.1, -0.05) is 6.07 Å². The molecule has 27 heavy (non-hydrogen) atoms. The van der Waals surface area contributed by atoms with Gasteiger partial charge in [0.05, 0.1) is 4.90 Å². The first-order valence-electron chi connectivity index (χ1n) is 8.77. The van der Waals surface area contributed by atoms with Gasteiger partial charge in [0, 0.05) is 19.3 Å². The monoisotopic (exact) mass is 393 g/mol. The Bertz CT molecular complexity index is 834. The van der Waals surface area contributed by atoms with Crippen molar-refractivity contribution < 1.29 is 23.0 Å². The van der Waals surface area contributed by atoms with Crippen LogP contribution >= 0.6 is 0 Å². The van der Waals surface area contributed by atoms with Crippen molar-refractivity contribution in [1.29, 1.82) is 0 Å². The highest BCUT2D eigenvalue weighted by Crippen LogP contribution is 2.17. The quantitative estimate of drug-likeness (QED) is 0.602. The zero-order valence-corrected chi connectivity index (χ0v) is 16.8. The second kappa shape index (κ2) is 9.73. The van der Waals surface area contributed by atoms with Gasteiger partial charge in [-0.3, -0.25) is 0 Å². The van der Waals surface area contributed by atoms with Crippen LogP contribution in [-0.2, 0) is 9.84 Å². The minimum Gasteiger partial charge on any atom is -0.492 e. The lowest BCUT2D eigenvalue weighted by molar-refractivity contribution is 0.105. The van der Waals surface area contributed by atoms with Crippen molar-refractivity contribution in [1.82, 2.24) is 5.32 Å². The maximum atomic E-state index is 11.4. The van der Waals surface area contributed by atoms with Crippen LogP contribution in [0.15, 0.2) is 47.4 Å². The van der Waals surface area contributed by atoms with E-state index in [0.717, 1.165) is 12.0 Å². The number of sulfone groups is 1. The van der Waals surface area contributed by atoms with Gasteiger partial charge in [-0.2, -0.15) is 0 Å². The van der Waals surface area contributed by atoms with E-state index in [9.17, 15) is 13.5 Å². The smallest absolute Gasteiger partial charge is 0.175 e. The molecule has 0 bridgehead atoms. The first kappa shape index (κ1) is 21.2. The molecule has 0 radical (unpaired) electrons. The molecule has 2 N–H and O–H groups in total. The molecule has 0 spiro atoms. The highest BCUT2D eigenvalue weighted by molar-refractivity contribution is 7.90. The normalized spacial score (nSPS) is 12.6. The number of hydrogen-bond acceptors (Lipinski definition) is 6. The minimum atomic E-state index is -3.22. The first-order chi connectivity index (χ1) is 12.8. The third-order valence-corrected chi connectivity index (χ3v) is 5.23. The summed E-state index contributed by atoms with van der Waals surface area (Å²) in [5.41, 5.74) is 2.42. The molecule has 0 aliphatic carbocycles. The fraction of sp³-hybridized carbons (Fsp3) is 0.400. The zero-order chi connectivity index (χ0) is 19.9. The number of benzene rings is 2. The van der Waals surface area contributed by atoms with Crippen LogP contribution in [0.5, 0.6) is 11.5 Å². The van der Waals surface area contributed by atoms with Gasteiger partial charge in [0.2, 0.25) is 0 Å². The topological polar surface area (TPSA) is 84.9 Å². The van der Waals surface area contributed by atoms with E-state index in [1.807, 2.05) is 25.1 Å². The molecule has 6 nitrogen and oxygen atoms in total. The Morgan fingerprint density at radius 1 is 1.00 bits per heavy atom. The Morgan fingerprint density at radius 3 is 2.30 bits per heavy atom. The Hall–Kier alpha value is -2.09. The third-order valence-electron chi connectivity index (χ3n) is 4.10. The fourth-order valence-electron chi connectivity index (χ4n) is 2.35. The number of aryl methyl sites for hydroxylation is 2. The number of nitrogens with one attached hydrogen (secondary N) is 1. The van der Waals surface area contributed by atoms with Crippen molar-refractivity contribution in [3.8, 4) is 11.5 Å². The number of aliphatic hydroxyl groups is 1. The lowest BCUT2D eigenvalue weighted by Gasteiger charge is -2.14. The Kier molecular flexibility index (Phi) is 7.65. The molecule has 2 rings (SSSR count). The lowest BCUT2D eigenvalue weighted by Crippen LogP contribution is -2.33. The highest BCUT2D eigenvalue weighted by Gasteiger charge is 2.08. The lowest BCUT2D eigenvalue weighted by atomic mass is 10.1. The molecular formula is C20H27NO5S. The molecule has 1 unspecified atom stereocenters. The minimum absolute atomic E-state index is 0.114. The summed E-state index contributed by atoms with van der Waals surface area (Å²) >= 11 is 0. The van der Waals surface area contributed by atoms with Gasteiger partial charge in [0.25, 0.3) is 0 Å². The molecule has 0 fully saturated rings. The summed E-state index contributed by atoms with van der Waals surface area (Å²) in [7, 11) is -3.22.